The molecule has 1 fully saturated rings. The molecule has 25 heavy (non-hydrogen) atoms. The maximum Gasteiger partial charge on any atom is 0.227 e. The number of phenols is 1. The van der Waals surface area contributed by atoms with Gasteiger partial charge < -0.3 is 14.7 Å². The van der Waals surface area contributed by atoms with Crippen LogP contribution in [0.4, 0.5) is 0 Å². The third-order valence-electron chi connectivity index (χ3n) is 4.29. The second-order valence-electron chi connectivity index (χ2n) is 6.23. The van der Waals surface area contributed by atoms with Crippen molar-refractivity contribution in [3.8, 4) is 5.75 Å². The van der Waals surface area contributed by atoms with Gasteiger partial charge in [-0.05, 0) is 48.2 Å². The van der Waals surface area contributed by atoms with Crippen molar-refractivity contribution >= 4 is 17.5 Å². The monoisotopic (exact) mass is 360 g/mol. The Labute approximate surface area is 152 Å². The van der Waals surface area contributed by atoms with E-state index in [0.717, 1.165) is 30.6 Å². The lowest BCUT2D eigenvalue weighted by atomic mass is 10.1. The second-order valence-corrected chi connectivity index (χ2v) is 6.63. The molecular weight excluding hydrogens is 340 g/mol. The minimum Gasteiger partial charge on any atom is -0.506 e. The van der Waals surface area contributed by atoms with Crippen LogP contribution in [-0.2, 0) is 22.5 Å². The van der Waals surface area contributed by atoms with Gasteiger partial charge in [0.25, 0.3) is 0 Å². The van der Waals surface area contributed by atoms with Gasteiger partial charge in [-0.2, -0.15) is 0 Å². The van der Waals surface area contributed by atoms with E-state index in [1.54, 1.807) is 24.5 Å². The lowest BCUT2D eigenvalue weighted by molar-refractivity contribution is -0.132. The fourth-order valence-electron chi connectivity index (χ4n) is 2.94. The highest BCUT2D eigenvalue weighted by molar-refractivity contribution is 6.32. The first-order valence-corrected chi connectivity index (χ1v) is 8.75. The van der Waals surface area contributed by atoms with Gasteiger partial charge in [-0.15, -0.1) is 0 Å². The van der Waals surface area contributed by atoms with Gasteiger partial charge in [0.15, 0.2) is 0 Å². The third-order valence-corrected chi connectivity index (χ3v) is 4.59. The van der Waals surface area contributed by atoms with Gasteiger partial charge in [0.2, 0.25) is 5.91 Å². The summed E-state index contributed by atoms with van der Waals surface area (Å²) in [5, 5.41) is 9.78. The van der Waals surface area contributed by atoms with E-state index in [2.05, 4.69) is 4.98 Å². The number of pyridine rings is 1. The summed E-state index contributed by atoms with van der Waals surface area (Å²) < 4.78 is 5.70. The molecule has 1 aromatic heterocycles. The molecule has 1 atom stereocenters. The number of ether oxygens (including phenoxy) is 1. The Bertz CT molecular complexity index is 718. The molecule has 1 aliphatic rings. The molecule has 0 bridgehead atoms. The molecule has 0 radical (unpaired) electrons. The fraction of sp³-hybridized carbons (Fsp3) is 0.368. The topological polar surface area (TPSA) is 62.7 Å². The standard InChI is InChI=1S/C19H21ClN2O3/c20-17-10-15(3-4-18(17)23)11-19(24)22(13-16-2-1-9-25-16)12-14-5-7-21-8-6-14/h3-8,10,16,23H,1-2,9,11-13H2/t16-/m0/s1. The number of phenolic OH excluding ortho intramolecular Hbond substituents is 1. The minimum absolute atomic E-state index is 0.00840. The molecule has 6 heteroatoms. The highest BCUT2D eigenvalue weighted by Gasteiger charge is 2.23. The Morgan fingerprint density at radius 2 is 2.08 bits per heavy atom. The van der Waals surface area contributed by atoms with Gasteiger partial charge in [-0.25, -0.2) is 0 Å². The van der Waals surface area contributed by atoms with E-state index >= 15 is 0 Å². The quantitative estimate of drug-likeness (QED) is 0.859. The van der Waals surface area contributed by atoms with Crippen LogP contribution in [0.3, 0.4) is 0 Å². The number of amides is 1. The molecule has 1 saturated heterocycles. The fourth-order valence-corrected chi connectivity index (χ4v) is 3.15. The van der Waals surface area contributed by atoms with E-state index in [1.807, 2.05) is 17.0 Å². The Balaban J connectivity index is 1.72. The number of benzene rings is 1. The Hall–Kier alpha value is -2.11. The zero-order chi connectivity index (χ0) is 17.6. The van der Waals surface area contributed by atoms with E-state index in [1.165, 1.54) is 6.07 Å². The van der Waals surface area contributed by atoms with Gasteiger partial charge in [0, 0.05) is 32.1 Å². The molecule has 132 valence electrons. The van der Waals surface area contributed by atoms with Crippen molar-refractivity contribution in [1.29, 1.82) is 0 Å². The summed E-state index contributed by atoms with van der Waals surface area (Å²) in [6.07, 6.45) is 5.79. The van der Waals surface area contributed by atoms with Crippen LogP contribution in [0.5, 0.6) is 5.75 Å². The van der Waals surface area contributed by atoms with Crippen molar-refractivity contribution in [3.63, 3.8) is 0 Å². The first kappa shape index (κ1) is 17.7. The number of aromatic hydroxyl groups is 1. The van der Waals surface area contributed by atoms with E-state index < -0.39 is 0 Å². The summed E-state index contributed by atoms with van der Waals surface area (Å²) in [6, 6.07) is 8.68. The Morgan fingerprint density at radius 3 is 2.76 bits per heavy atom. The number of carbonyl (C=O) groups is 1. The lowest BCUT2D eigenvalue weighted by Crippen LogP contribution is -2.37. The molecule has 5 nitrogen and oxygen atoms in total. The van der Waals surface area contributed by atoms with Crippen LogP contribution < -0.4 is 0 Å². The Morgan fingerprint density at radius 1 is 1.28 bits per heavy atom. The van der Waals surface area contributed by atoms with Crippen molar-refractivity contribution < 1.29 is 14.6 Å². The van der Waals surface area contributed by atoms with Crippen LogP contribution in [-0.4, -0.2) is 40.2 Å². The van der Waals surface area contributed by atoms with Crippen LogP contribution in [0.15, 0.2) is 42.7 Å². The number of nitrogens with zero attached hydrogens (tertiary/aromatic N) is 2. The number of hydrogen-bond acceptors (Lipinski definition) is 4. The van der Waals surface area contributed by atoms with Gasteiger partial charge in [0.1, 0.15) is 5.75 Å². The molecule has 0 spiro atoms. The average Bonchev–Trinajstić information content (AvgIpc) is 3.12. The summed E-state index contributed by atoms with van der Waals surface area (Å²) in [5.74, 6) is 0.0277. The van der Waals surface area contributed by atoms with E-state index in [4.69, 9.17) is 16.3 Å². The van der Waals surface area contributed by atoms with Crippen molar-refractivity contribution in [2.45, 2.75) is 31.9 Å². The normalized spacial score (nSPS) is 16.8. The molecule has 0 saturated carbocycles. The summed E-state index contributed by atoms with van der Waals surface area (Å²) in [5.41, 5.74) is 1.81. The molecule has 1 aromatic carbocycles. The molecule has 0 unspecified atom stereocenters. The lowest BCUT2D eigenvalue weighted by Gasteiger charge is -2.26. The van der Waals surface area contributed by atoms with Crippen molar-refractivity contribution in [2.75, 3.05) is 13.2 Å². The van der Waals surface area contributed by atoms with Gasteiger partial charge >= 0.3 is 0 Å². The molecule has 1 aliphatic heterocycles. The van der Waals surface area contributed by atoms with E-state index in [-0.39, 0.29) is 29.2 Å². The van der Waals surface area contributed by atoms with Crippen LogP contribution in [0.1, 0.15) is 24.0 Å². The first-order valence-electron chi connectivity index (χ1n) is 8.37. The third kappa shape index (κ3) is 4.94. The van der Waals surface area contributed by atoms with Crippen LogP contribution in [0.25, 0.3) is 0 Å². The highest BCUT2D eigenvalue weighted by atomic mass is 35.5. The number of halogens is 1. The number of hydrogen-bond donors (Lipinski definition) is 1. The van der Waals surface area contributed by atoms with Gasteiger partial charge in [0.05, 0.1) is 17.5 Å². The predicted octanol–water partition coefficient (Wildman–Crippen LogP) is 3.19. The SMILES string of the molecule is O=C(Cc1ccc(O)c(Cl)c1)N(Cc1ccncc1)C[C@@H]1CCCO1. The smallest absolute Gasteiger partial charge is 0.227 e. The largest absolute Gasteiger partial charge is 0.506 e. The van der Waals surface area contributed by atoms with Crippen molar-refractivity contribution in [3.05, 3.63) is 58.9 Å². The average molecular weight is 361 g/mol. The summed E-state index contributed by atoms with van der Waals surface area (Å²) in [7, 11) is 0. The molecule has 1 amide bonds. The number of carbonyl (C=O) groups excluding carboxylic acids is 1. The van der Waals surface area contributed by atoms with Crippen LogP contribution in [0.2, 0.25) is 5.02 Å². The van der Waals surface area contributed by atoms with Gasteiger partial charge in [-0.1, -0.05) is 17.7 Å². The highest BCUT2D eigenvalue weighted by Crippen LogP contribution is 2.24. The summed E-state index contributed by atoms with van der Waals surface area (Å²) in [4.78, 5) is 18.7. The van der Waals surface area contributed by atoms with Crippen molar-refractivity contribution in [1.82, 2.24) is 9.88 Å². The molecule has 3 rings (SSSR count). The molecule has 0 aliphatic carbocycles. The summed E-state index contributed by atoms with van der Waals surface area (Å²) in [6.45, 7) is 1.86. The summed E-state index contributed by atoms with van der Waals surface area (Å²) >= 11 is 5.94. The number of aromatic nitrogens is 1. The number of rotatable bonds is 6. The maximum absolute atomic E-state index is 12.9. The molecule has 2 heterocycles. The maximum atomic E-state index is 12.9. The van der Waals surface area contributed by atoms with Crippen LogP contribution >= 0.6 is 11.6 Å². The first-order chi connectivity index (χ1) is 12.1. The molecular formula is C19H21ClN2O3. The molecule has 1 N–H and O–H groups in total. The minimum atomic E-state index is 0.00840. The predicted molar refractivity (Wildman–Crippen MR) is 95.4 cm³/mol. The Kier molecular flexibility index (Phi) is 5.89. The van der Waals surface area contributed by atoms with E-state index in [9.17, 15) is 9.90 Å². The zero-order valence-corrected chi connectivity index (χ0v) is 14.7. The van der Waals surface area contributed by atoms with E-state index in [0.29, 0.717) is 13.1 Å². The van der Waals surface area contributed by atoms with Gasteiger partial charge in [-0.3, -0.25) is 9.78 Å². The van der Waals surface area contributed by atoms with Crippen molar-refractivity contribution in [2.24, 2.45) is 0 Å². The second kappa shape index (κ2) is 8.32. The zero-order valence-electron chi connectivity index (χ0n) is 13.9. The van der Waals surface area contributed by atoms with Crippen LogP contribution in [0, 0.1) is 0 Å². The molecule has 2 aromatic rings.